The van der Waals surface area contributed by atoms with Crippen molar-refractivity contribution >= 4 is 41.3 Å². The molecule has 1 fully saturated rings. The quantitative estimate of drug-likeness (QED) is 0.363. The Morgan fingerprint density at radius 3 is 2.78 bits per heavy atom. The molecule has 7 heteroatoms. The van der Waals surface area contributed by atoms with Gasteiger partial charge < -0.3 is 10.6 Å². The zero-order valence-corrected chi connectivity index (χ0v) is 19.5. The molecular formula is C20H30IN5S. The molecule has 0 aliphatic carbocycles. The van der Waals surface area contributed by atoms with E-state index in [-0.39, 0.29) is 24.0 Å². The first kappa shape index (κ1) is 22.1. The maximum atomic E-state index is 4.41. The summed E-state index contributed by atoms with van der Waals surface area (Å²) in [6.45, 7) is 7.31. The second-order valence-electron chi connectivity index (χ2n) is 6.95. The summed E-state index contributed by atoms with van der Waals surface area (Å²) in [4.78, 5) is 12.6. The van der Waals surface area contributed by atoms with Crippen LogP contribution in [0.2, 0.25) is 0 Å². The van der Waals surface area contributed by atoms with Gasteiger partial charge in [-0.2, -0.15) is 0 Å². The van der Waals surface area contributed by atoms with Gasteiger partial charge in [-0.25, -0.2) is 4.98 Å². The molecule has 5 nitrogen and oxygen atoms in total. The zero-order chi connectivity index (χ0) is 18.4. The average Bonchev–Trinajstić information content (AvgIpc) is 3.20. The number of nitrogens with one attached hydrogen (secondary N) is 2. The summed E-state index contributed by atoms with van der Waals surface area (Å²) in [6, 6.07) is 11.7. The summed E-state index contributed by atoms with van der Waals surface area (Å²) in [7, 11) is 1.84. The lowest BCUT2D eigenvalue weighted by Gasteiger charge is -2.21. The standard InChI is InChI=1S/C20H29N5S.HI/c1-15-11-18(14-25(15)13-17-7-5-4-6-8-17)24-20(21-3)22-10-9-19-23-12-16(2)26-19;/h4-8,12,15,18H,9-11,13-14H2,1-3H3,(H2,21,22,24);1H. The molecule has 2 heterocycles. The molecule has 0 amide bonds. The van der Waals surface area contributed by atoms with Crippen LogP contribution in [0, 0.1) is 6.92 Å². The topological polar surface area (TPSA) is 52.6 Å². The molecule has 27 heavy (non-hydrogen) atoms. The van der Waals surface area contributed by atoms with Gasteiger partial charge >= 0.3 is 0 Å². The molecule has 2 aromatic rings. The van der Waals surface area contributed by atoms with Gasteiger partial charge in [0.25, 0.3) is 0 Å². The van der Waals surface area contributed by atoms with Crippen molar-refractivity contribution in [3.05, 3.63) is 52.0 Å². The van der Waals surface area contributed by atoms with Crippen molar-refractivity contribution in [3.8, 4) is 0 Å². The highest BCUT2D eigenvalue weighted by atomic mass is 127. The van der Waals surface area contributed by atoms with Gasteiger partial charge in [0.1, 0.15) is 0 Å². The summed E-state index contributed by atoms with van der Waals surface area (Å²) in [5, 5.41) is 8.18. The molecular weight excluding hydrogens is 469 g/mol. The highest BCUT2D eigenvalue weighted by molar-refractivity contribution is 14.0. The molecule has 148 valence electrons. The fraction of sp³-hybridized carbons (Fsp3) is 0.500. The lowest BCUT2D eigenvalue weighted by Crippen LogP contribution is -2.45. The molecule has 1 aromatic carbocycles. The third-order valence-corrected chi connectivity index (χ3v) is 5.77. The van der Waals surface area contributed by atoms with Crippen LogP contribution in [0.1, 0.15) is 28.8 Å². The molecule has 1 saturated heterocycles. The first-order chi connectivity index (χ1) is 12.6. The van der Waals surface area contributed by atoms with E-state index in [4.69, 9.17) is 0 Å². The van der Waals surface area contributed by atoms with Crippen molar-refractivity contribution in [2.45, 2.75) is 45.3 Å². The molecule has 0 bridgehead atoms. The number of aromatic nitrogens is 1. The molecule has 1 aliphatic rings. The SMILES string of the molecule is CN=C(NCCc1ncc(C)s1)NC1CC(C)N(Cc2ccccc2)C1.I. The highest BCUT2D eigenvalue weighted by Gasteiger charge is 2.29. The van der Waals surface area contributed by atoms with Crippen LogP contribution in [0.25, 0.3) is 0 Å². The molecule has 1 aromatic heterocycles. The van der Waals surface area contributed by atoms with Crippen molar-refractivity contribution in [1.29, 1.82) is 0 Å². The molecule has 1 aliphatic heterocycles. The fourth-order valence-electron chi connectivity index (χ4n) is 3.43. The van der Waals surface area contributed by atoms with Gasteiger partial charge in [-0.3, -0.25) is 9.89 Å². The predicted molar refractivity (Wildman–Crippen MR) is 125 cm³/mol. The minimum absolute atomic E-state index is 0. The lowest BCUT2D eigenvalue weighted by molar-refractivity contribution is 0.258. The zero-order valence-electron chi connectivity index (χ0n) is 16.3. The predicted octanol–water partition coefficient (Wildman–Crippen LogP) is 3.44. The monoisotopic (exact) mass is 499 g/mol. The number of nitrogens with zero attached hydrogens (tertiary/aromatic N) is 3. The van der Waals surface area contributed by atoms with Crippen LogP contribution in [0.3, 0.4) is 0 Å². The van der Waals surface area contributed by atoms with E-state index in [9.17, 15) is 0 Å². The Morgan fingerprint density at radius 2 is 2.11 bits per heavy atom. The van der Waals surface area contributed by atoms with E-state index in [1.165, 1.54) is 15.4 Å². The smallest absolute Gasteiger partial charge is 0.191 e. The minimum atomic E-state index is 0. The molecule has 2 unspecified atom stereocenters. The van der Waals surface area contributed by atoms with Gasteiger partial charge in [-0.15, -0.1) is 35.3 Å². The van der Waals surface area contributed by atoms with Crippen molar-refractivity contribution in [3.63, 3.8) is 0 Å². The van der Waals surface area contributed by atoms with E-state index in [1.54, 1.807) is 11.3 Å². The van der Waals surface area contributed by atoms with Crippen molar-refractivity contribution in [2.24, 2.45) is 4.99 Å². The fourth-order valence-corrected chi connectivity index (χ4v) is 4.22. The van der Waals surface area contributed by atoms with Crippen LogP contribution in [0.4, 0.5) is 0 Å². The average molecular weight is 499 g/mol. The van der Waals surface area contributed by atoms with E-state index in [2.05, 4.69) is 69.7 Å². The van der Waals surface area contributed by atoms with E-state index >= 15 is 0 Å². The van der Waals surface area contributed by atoms with Gasteiger partial charge in [0.15, 0.2) is 5.96 Å². The number of halogens is 1. The first-order valence-corrected chi connectivity index (χ1v) is 10.1. The van der Waals surface area contributed by atoms with Gasteiger partial charge in [-0.05, 0) is 25.8 Å². The van der Waals surface area contributed by atoms with Crippen molar-refractivity contribution in [2.75, 3.05) is 20.1 Å². The minimum Gasteiger partial charge on any atom is -0.356 e. The van der Waals surface area contributed by atoms with Gasteiger partial charge in [0.2, 0.25) is 0 Å². The van der Waals surface area contributed by atoms with Crippen LogP contribution in [-0.4, -0.2) is 48.1 Å². The number of guanidine groups is 1. The van der Waals surface area contributed by atoms with E-state index in [0.29, 0.717) is 12.1 Å². The molecule has 2 N–H and O–H groups in total. The maximum absolute atomic E-state index is 4.41. The second-order valence-corrected chi connectivity index (χ2v) is 8.27. The highest BCUT2D eigenvalue weighted by Crippen LogP contribution is 2.20. The Labute approximate surface area is 183 Å². The number of likely N-dealkylation sites (tertiary alicyclic amines) is 1. The van der Waals surface area contributed by atoms with E-state index in [0.717, 1.165) is 38.4 Å². The molecule has 0 saturated carbocycles. The Hall–Kier alpha value is -1.19. The summed E-state index contributed by atoms with van der Waals surface area (Å²) in [5.41, 5.74) is 1.38. The summed E-state index contributed by atoms with van der Waals surface area (Å²) < 4.78 is 0. The molecule has 2 atom stereocenters. The van der Waals surface area contributed by atoms with Gasteiger partial charge in [0.05, 0.1) is 5.01 Å². The summed E-state index contributed by atoms with van der Waals surface area (Å²) >= 11 is 1.76. The van der Waals surface area contributed by atoms with Gasteiger partial charge in [-0.1, -0.05) is 30.3 Å². The first-order valence-electron chi connectivity index (χ1n) is 9.30. The second kappa shape index (κ2) is 11.0. The molecule has 0 radical (unpaired) electrons. The Kier molecular flexibility index (Phi) is 8.98. The maximum Gasteiger partial charge on any atom is 0.191 e. The number of hydrogen-bond donors (Lipinski definition) is 2. The van der Waals surface area contributed by atoms with E-state index < -0.39 is 0 Å². The Balaban J connectivity index is 0.00000261. The van der Waals surface area contributed by atoms with Crippen molar-refractivity contribution < 1.29 is 0 Å². The summed E-state index contributed by atoms with van der Waals surface area (Å²) in [6.07, 6.45) is 4.01. The molecule has 0 spiro atoms. The summed E-state index contributed by atoms with van der Waals surface area (Å²) in [5.74, 6) is 0.886. The number of hydrogen-bond acceptors (Lipinski definition) is 4. The molecule has 3 rings (SSSR count). The number of benzene rings is 1. The number of aliphatic imine (C=N–C) groups is 1. The largest absolute Gasteiger partial charge is 0.356 e. The Morgan fingerprint density at radius 1 is 1.33 bits per heavy atom. The normalized spacial score (nSPS) is 20.3. The van der Waals surface area contributed by atoms with Crippen molar-refractivity contribution in [1.82, 2.24) is 20.5 Å². The van der Waals surface area contributed by atoms with Crippen LogP contribution < -0.4 is 10.6 Å². The number of thiazole rings is 1. The number of aryl methyl sites for hydroxylation is 1. The van der Waals surface area contributed by atoms with Crippen LogP contribution in [-0.2, 0) is 13.0 Å². The Bertz CT molecular complexity index is 718. The van der Waals surface area contributed by atoms with Crippen LogP contribution in [0.5, 0.6) is 0 Å². The van der Waals surface area contributed by atoms with E-state index in [1.807, 2.05) is 13.2 Å². The van der Waals surface area contributed by atoms with Gasteiger partial charge in [0, 0.05) is 56.3 Å². The van der Waals surface area contributed by atoms with Crippen LogP contribution >= 0.6 is 35.3 Å². The number of rotatable bonds is 6. The third kappa shape index (κ3) is 6.73. The third-order valence-electron chi connectivity index (χ3n) is 4.80. The van der Waals surface area contributed by atoms with Crippen LogP contribution in [0.15, 0.2) is 41.5 Å². The lowest BCUT2D eigenvalue weighted by atomic mass is 10.2.